The smallest absolute Gasteiger partial charge is 0.407 e. The molecule has 1 unspecified atom stereocenters. The van der Waals surface area contributed by atoms with Gasteiger partial charge in [0.05, 0.1) is 17.6 Å². The van der Waals surface area contributed by atoms with Crippen LogP contribution in [0.3, 0.4) is 0 Å². The third-order valence-corrected chi connectivity index (χ3v) is 5.45. The number of carbonyl (C=O) groups is 2. The Morgan fingerprint density at radius 3 is 2.74 bits per heavy atom. The molecule has 0 radical (unpaired) electrons. The Morgan fingerprint density at radius 1 is 1.22 bits per heavy atom. The Kier molecular flexibility index (Phi) is 4.33. The van der Waals surface area contributed by atoms with Gasteiger partial charge in [-0.2, -0.15) is 5.10 Å². The molecule has 2 aliphatic rings. The van der Waals surface area contributed by atoms with E-state index >= 15 is 0 Å². The Morgan fingerprint density at radius 2 is 2.00 bits per heavy atom. The number of aromatic nitrogens is 2. The fourth-order valence-electron chi connectivity index (χ4n) is 3.94. The zero-order valence-corrected chi connectivity index (χ0v) is 15.2. The summed E-state index contributed by atoms with van der Waals surface area (Å²) in [6, 6.07) is 7.28. The topological polar surface area (TPSA) is 93.5 Å². The summed E-state index contributed by atoms with van der Waals surface area (Å²) < 4.78 is 6.69. The maximum Gasteiger partial charge on any atom is 0.407 e. The van der Waals surface area contributed by atoms with Crippen molar-refractivity contribution < 1.29 is 14.3 Å². The van der Waals surface area contributed by atoms with E-state index in [0.29, 0.717) is 31.4 Å². The summed E-state index contributed by atoms with van der Waals surface area (Å²) in [6.07, 6.45) is 1.68. The number of hydrogen-bond acceptors (Lipinski definition) is 5. The van der Waals surface area contributed by atoms with Crippen LogP contribution in [0, 0.1) is 6.92 Å². The number of carbonyl (C=O) groups excluding carboxylic acids is 2. The van der Waals surface area contributed by atoms with Crippen LogP contribution in [0.15, 0.2) is 29.1 Å². The Labute approximate surface area is 156 Å². The molecular weight excluding hydrogens is 348 g/mol. The quantitative estimate of drug-likeness (QED) is 0.857. The molecule has 142 valence electrons. The standard InChI is InChI=1S/C19H22N4O4/c1-13-14-5-2-3-6-15(14)17(25)23(21-13)11-16(24)22-9-4-7-19(8-10-22)12-20-18(26)27-19/h2-3,5-6H,4,7-12H2,1H3,(H,20,26). The Bertz CT molecular complexity index is 970. The van der Waals surface area contributed by atoms with Crippen LogP contribution in [0.25, 0.3) is 10.8 Å². The molecule has 1 N–H and O–H groups in total. The number of likely N-dealkylation sites (tertiary alicyclic amines) is 1. The SMILES string of the molecule is Cc1nn(CC(=O)N2CCCC3(CC2)CNC(=O)O3)c(=O)c2ccccc12. The number of rotatable bonds is 2. The number of hydrogen-bond donors (Lipinski definition) is 1. The van der Waals surface area contributed by atoms with Crippen LogP contribution < -0.4 is 10.9 Å². The number of nitrogens with one attached hydrogen (secondary N) is 1. The van der Waals surface area contributed by atoms with Crippen LogP contribution >= 0.6 is 0 Å². The zero-order valence-electron chi connectivity index (χ0n) is 15.2. The normalized spacial score (nSPS) is 22.6. The van der Waals surface area contributed by atoms with E-state index in [1.54, 1.807) is 17.0 Å². The van der Waals surface area contributed by atoms with E-state index in [0.717, 1.165) is 23.9 Å². The Balaban J connectivity index is 1.51. The lowest BCUT2D eigenvalue weighted by Crippen LogP contribution is -2.39. The van der Waals surface area contributed by atoms with Crippen molar-refractivity contribution in [3.8, 4) is 0 Å². The second-order valence-corrected chi connectivity index (χ2v) is 7.25. The molecular formula is C19H22N4O4. The molecule has 2 aliphatic heterocycles. The molecule has 27 heavy (non-hydrogen) atoms. The van der Waals surface area contributed by atoms with E-state index < -0.39 is 11.7 Å². The van der Waals surface area contributed by atoms with Gasteiger partial charge in [0, 0.05) is 24.9 Å². The fourth-order valence-corrected chi connectivity index (χ4v) is 3.94. The molecule has 0 bridgehead atoms. The second-order valence-electron chi connectivity index (χ2n) is 7.25. The van der Waals surface area contributed by atoms with Gasteiger partial charge in [0.1, 0.15) is 12.1 Å². The number of aryl methyl sites for hydroxylation is 1. The number of benzene rings is 1. The van der Waals surface area contributed by atoms with Crippen molar-refractivity contribution in [2.45, 2.75) is 38.3 Å². The molecule has 1 atom stereocenters. The highest BCUT2D eigenvalue weighted by atomic mass is 16.6. The largest absolute Gasteiger partial charge is 0.441 e. The van der Waals surface area contributed by atoms with Crippen LogP contribution in [0.1, 0.15) is 25.0 Å². The van der Waals surface area contributed by atoms with Crippen LogP contribution in [0.2, 0.25) is 0 Å². The van der Waals surface area contributed by atoms with Gasteiger partial charge >= 0.3 is 6.09 Å². The molecule has 0 saturated carbocycles. The molecule has 1 aromatic heterocycles. The van der Waals surface area contributed by atoms with Gasteiger partial charge in [-0.05, 0) is 25.8 Å². The minimum absolute atomic E-state index is 0.0878. The van der Waals surface area contributed by atoms with Gasteiger partial charge in [-0.25, -0.2) is 9.48 Å². The van der Waals surface area contributed by atoms with Crippen molar-refractivity contribution in [1.29, 1.82) is 0 Å². The first-order chi connectivity index (χ1) is 13.0. The summed E-state index contributed by atoms with van der Waals surface area (Å²) in [4.78, 5) is 38.6. The molecule has 8 heteroatoms. The summed E-state index contributed by atoms with van der Waals surface area (Å²) in [6.45, 7) is 3.31. The predicted octanol–water partition coefficient (Wildman–Crippen LogP) is 1.20. The average Bonchev–Trinajstić information content (AvgIpc) is 2.89. The van der Waals surface area contributed by atoms with Crippen molar-refractivity contribution in [3.05, 3.63) is 40.3 Å². The third-order valence-electron chi connectivity index (χ3n) is 5.45. The second kappa shape index (κ2) is 6.68. The predicted molar refractivity (Wildman–Crippen MR) is 98.4 cm³/mol. The van der Waals surface area contributed by atoms with Gasteiger partial charge in [-0.3, -0.25) is 9.59 Å². The summed E-state index contributed by atoms with van der Waals surface area (Å²) in [5.41, 5.74) is -0.0534. The van der Waals surface area contributed by atoms with Crippen LogP contribution in [-0.2, 0) is 16.1 Å². The molecule has 2 fully saturated rings. The van der Waals surface area contributed by atoms with Gasteiger partial charge in [0.15, 0.2) is 0 Å². The molecule has 2 saturated heterocycles. The van der Waals surface area contributed by atoms with E-state index in [1.807, 2.05) is 19.1 Å². The minimum Gasteiger partial charge on any atom is -0.441 e. The molecule has 0 aliphatic carbocycles. The minimum atomic E-state index is -0.513. The lowest BCUT2D eigenvalue weighted by molar-refractivity contribution is -0.132. The Hall–Kier alpha value is -2.90. The van der Waals surface area contributed by atoms with Gasteiger partial charge in [-0.15, -0.1) is 0 Å². The number of ether oxygens (including phenoxy) is 1. The van der Waals surface area contributed by atoms with Crippen molar-refractivity contribution in [2.75, 3.05) is 19.6 Å². The van der Waals surface area contributed by atoms with Crippen LogP contribution in [0.4, 0.5) is 4.79 Å². The molecule has 2 aromatic rings. The summed E-state index contributed by atoms with van der Waals surface area (Å²) in [5, 5.41) is 8.39. The molecule has 2 amide bonds. The zero-order chi connectivity index (χ0) is 19.0. The lowest BCUT2D eigenvalue weighted by Gasteiger charge is -2.25. The summed E-state index contributed by atoms with van der Waals surface area (Å²) in [7, 11) is 0. The molecule has 1 spiro atoms. The first-order valence-electron chi connectivity index (χ1n) is 9.19. The highest BCUT2D eigenvalue weighted by Crippen LogP contribution is 2.29. The maximum absolute atomic E-state index is 12.8. The van der Waals surface area contributed by atoms with Crippen LogP contribution in [-0.4, -0.2) is 51.9 Å². The van der Waals surface area contributed by atoms with E-state index in [2.05, 4.69) is 10.4 Å². The first kappa shape index (κ1) is 17.5. The van der Waals surface area contributed by atoms with Gasteiger partial charge in [0.25, 0.3) is 5.56 Å². The third kappa shape index (κ3) is 3.27. The van der Waals surface area contributed by atoms with E-state index in [4.69, 9.17) is 4.74 Å². The molecule has 8 nitrogen and oxygen atoms in total. The highest BCUT2D eigenvalue weighted by Gasteiger charge is 2.41. The molecule has 3 heterocycles. The van der Waals surface area contributed by atoms with Gasteiger partial charge < -0.3 is 15.0 Å². The molecule has 1 aromatic carbocycles. The van der Waals surface area contributed by atoms with Gasteiger partial charge in [0.2, 0.25) is 5.91 Å². The lowest BCUT2D eigenvalue weighted by atomic mass is 9.95. The van der Waals surface area contributed by atoms with Crippen molar-refractivity contribution >= 4 is 22.8 Å². The molecule has 4 rings (SSSR count). The van der Waals surface area contributed by atoms with Gasteiger partial charge in [-0.1, -0.05) is 18.2 Å². The maximum atomic E-state index is 12.8. The number of amides is 2. The van der Waals surface area contributed by atoms with E-state index in [-0.39, 0.29) is 18.0 Å². The number of fused-ring (bicyclic) bond motifs is 1. The average molecular weight is 370 g/mol. The summed E-state index contributed by atoms with van der Waals surface area (Å²) >= 11 is 0. The van der Waals surface area contributed by atoms with Crippen molar-refractivity contribution in [1.82, 2.24) is 20.0 Å². The first-order valence-corrected chi connectivity index (χ1v) is 9.19. The highest BCUT2D eigenvalue weighted by molar-refractivity contribution is 5.83. The van der Waals surface area contributed by atoms with E-state index in [1.165, 1.54) is 4.68 Å². The monoisotopic (exact) mass is 370 g/mol. The van der Waals surface area contributed by atoms with Crippen molar-refractivity contribution in [2.24, 2.45) is 0 Å². The van der Waals surface area contributed by atoms with E-state index in [9.17, 15) is 14.4 Å². The van der Waals surface area contributed by atoms with Crippen LogP contribution in [0.5, 0.6) is 0 Å². The van der Waals surface area contributed by atoms with Crippen molar-refractivity contribution in [3.63, 3.8) is 0 Å². The number of nitrogens with zero attached hydrogens (tertiary/aromatic N) is 3. The number of alkyl carbamates (subject to hydrolysis) is 1. The fraction of sp³-hybridized carbons (Fsp3) is 0.474. The summed E-state index contributed by atoms with van der Waals surface area (Å²) in [5.74, 6) is -0.145.